The van der Waals surface area contributed by atoms with E-state index in [1.54, 1.807) is 24.3 Å². The molecule has 2 rings (SSSR count). The van der Waals surface area contributed by atoms with Gasteiger partial charge in [-0.3, -0.25) is 14.5 Å². The van der Waals surface area contributed by atoms with E-state index in [9.17, 15) is 22.8 Å². The average Bonchev–Trinajstić information content (AvgIpc) is 2.86. The quantitative estimate of drug-likeness (QED) is 0.857. The van der Waals surface area contributed by atoms with Gasteiger partial charge in [-0.15, -0.1) is 0 Å². The molecule has 0 radical (unpaired) electrons. The lowest BCUT2D eigenvalue weighted by Crippen LogP contribution is -2.51. The van der Waals surface area contributed by atoms with E-state index in [-0.39, 0.29) is 5.91 Å². The van der Waals surface area contributed by atoms with Crippen LogP contribution in [0.15, 0.2) is 24.3 Å². The number of carbonyl (C=O) groups excluding carboxylic acids is 2. The molecule has 1 N–H and O–H groups in total. The van der Waals surface area contributed by atoms with E-state index < -0.39 is 30.7 Å². The molecule has 9 heteroatoms. The van der Waals surface area contributed by atoms with Gasteiger partial charge >= 0.3 is 6.18 Å². The molecule has 1 heterocycles. The van der Waals surface area contributed by atoms with Crippen molar-refractivity contribution >= 4 is 29.1 Å². The number of carbonyl (C=O) groups is 2. The first kappa shape index (κ1) is 19.5. The van der Waals surface area contributed by atoms with Crippen molar-refractivity contribution in [2.24, 2.45) is 0 Å². The first-order chi connectivity index (χ1) is 11.6. The fourth-order valence-electron chi connectivity index (χ4n) is 2.60. The molecule has 0 aliphatic carbocycles. The van der Waals surface area contributed by atoms with Crippen molar-refractivity contribution in [2.75, 3.05) is 25.0 Å². The molecular formula is C16H19ClF3N3O2. The fraction of sp³-hybridized carbons (Fsp3) is 0.500. The Morgan fingerprint density at radius 3 is 2.56 bits per heavy atom. The summed E-state index contributed by atoms with van der Waals surface area (Å²) >= 11 is 5.82. The van der Waals surface area contributed by atoms with Gasteiger partial charge in [0.15, 0.2) is 0 Å². The predicted molar refractivity (Wildman–Crippen MR) is 88.5 cm³/mol. The second kappa shape index (κ2) is 7.61. The maximum atomic E-state index is 12.4. The van der Waals surface area contributed by atoms with E-state index in [0.29, 0.717) is 23.7 Å². The van der Waals surface area contributed by atoms with Gasteiger partial charge < -0.3 is 10.2 Å². The summed E-state index contributed by atoms with van der Waals surface area (Å²) in [5, 5.41) is 3.08. The highest BCUT2D eigenvalue weighted by molar-refractivity contribution is 6.30. The highest BCUT2D eigenvalue weighted by Gasteiger charge is 2.36. The van der Waals surface area contributed by atoms with Gasteiger partial charge in [0.2, 0.25) is 11.8 Å². The van der Waals surface area contributed by atoms with Crippen LogP contribution in [0.2, 0.25) is 5.02 Å². The molecule has 0 spiro atoms. The van der Waals surface area contributed by atoms with E-state index in [4.69, 9.17) is 11.6 Å². The van der Waals surface area contributed by atoms with Crippen molar-refractivity contribution < 1.29 is 22.8 Å². The molecule has 2 atom stereocenters. The molecule has 1 aromatic rings. The minimum Gasteiger partial charge on any atom is -0.343 e. The van der Waals surface area contributed by atoms with E-state index in [0.717, 1.165) is 4.90 Å². The molecule has 5 nitrogen and oxygen atoms in total. The zero-order valence-corrected chi connectivity index (χ0v) is 14.6. The van der Waals surface area contributed by atoms with Gasteiger partial charge in [-0.25, -0.2) is 0 Å². The molecule has 1 fully saturated rings. The number of nitrogens with zero attached hydrogens (tertiary/aromatic N) is 2. The second-order valence-electron chi connectivity index (χ2n) is 6.02. The topological polar surface area (TPSA) is 52.7 Å². The van der Waals surface area contributed by atoms with Crippen molar-refractivity contribution in [1.29, 1.82) is 0 Å². The molecular weight excluding hydrogens is 359 g/mol. The lowest BCUT2D eigenvalue weighted by atomic mass is 10.2. The van der Waals surface area contributed by atoms with Gasteiger partial charge in [0, 0.05) is 17.3 Å². The molecule has 1 aliphatic heterocycles. The monoisotopic (exact) mass is 377 g/mol. The van der Waals surface area contributed by atoms with Gasteiger partial charge in [-0.1, -0.05) is 11.6 Å². The summed E-state index contributed by atoms with van der Waals surface area (Å²) in [6, 6.07) is 4.96. The highest BCUT2D eigenvalue weighted by Crippen LogP contribution is 2.23. The molecule has 2 amide bonds. The Kier molecular flexibility index (Phi) is 5.95. The Bertz CT molecular complexity index is 637. The summed E-state index contributed by atoms with van der Waals surface area (Å²) in [6.07, 6.45) is -4.00. The van der Waals surface area contributed by atoms with Crippen LogP contribution in [-0.4, -0.2) is 55.1 Å². The number of hydrogen-bond donors (Lipinski definition) is 1. The summed E-state index contributed by atoms with van der Waals surface area (Å²) in [4.78, 5) is 27.0. The third-order valence-electron chi connectivity index (χ3n) is 4.13. The molecule has 0 saturated carbocycles. The fourth-order valence-corrected chi connectivity index (χ4v) is 2.73. The number of amides is 2. The molecule has 138 valence electrons. The van der Waals surface area contributed by atoms with Gasteiger partial charge in [0.05, 0.1) is 12.6 Å². The van der Waals surface area contributed by atoms with Crippen molar-refractivity contribution in [3.05, 3.63) is 29.3 Å². The SMILES string of the molecule is CC(C(=O)NC1CCN(c2ccc(Cl)cc2)C1=O)N(C)CC(F)(F)F. The maximum Gasteiger partial charge on any atom is 0.401 e. The average molecular weight is 378 g/mol. The van der Waals surface area contributed by atoms with Crippen LogP contribution in [0.1, 0.15) is 13.3 Å². The Morgan fingerprint density at radius 1 is 1.40 bits per heavy atom. The maximum absolute atomic E-state index is 12.4. The van der Waals surface area contributed by atoms with Crippen LogP contribution >= 0.6 is 11.6 Å². The number of nitrogens with one attached hydrogen (secondary N) is 1. The normalized spacial score (nSPS) is 19.4. The highest BCUT2D eigenvalue weighted by atomic mass is 35.5. The Morgan fingerprint density at radius 2 is 2.00 bits per heavy atom. The molecule has 1 aromatic carbocycles. The van der Waals surface area contributed by atoms with Crippen LogP contribution in [0.3, 0.4) is 0 Å². The minimum absolute atomic E-state index is 0.290. The van der Waals surface area contributed by atoms with E-state index >= 15 is 0 Å². The summed E-state index contributed by atoms with van der Waals surface area (Å²) < 4.78 is 37.3. The number of hydrogen-bond acceptors (Lipinski definition) is 3. The molecule has 0 bridgehead atoms. The lowest BCUT2D eigenvalue weighted by molar-refractivity contribution is -0.151. The predicted octanol–water partition coefficient (Wildman–Crippen LogP) is 2.44. The van der Waals surface area contributed by atoms with Gasteiger partial charge in [0.25, 0.3) is 0 Å². The number of likely N-dealkylation sites (N-methyl/N-ethyl adjacent to an activating group) is 1. The Balaban J connectivity index is 1.95. The third-order valence-corrected chi connectivity index (χ3v) is 4.38. The van der Waals surface area contributed by atoms with Crippen LogP contribution < -0.4 is 10.2 Å². The molecule has 0 aromatic heterocycles. The van der Waals surface area contributed by atoms with E-state index in [2.05, 4.69) is 5.32 Å². The minimum atomic E-state index is -4.39. The zero-order valence-electron chi connectivity index (χ0n) is 13.8. The summed E-state index contributed by atoms with van der Waals surface area (Å²) in [6.45, 7) is 0.590. The number of anilines is 1. The van der Waals surface area contributed by atoms with Crippen LogP contribution in [-0.2, 0) is 9.59 Å². The van der Waals surface area contributed by atoms with Crippen molar-refractivity contribution in [1.82, 2.24) is 10.2 Å². The largest absolute Gasteiger partial charge is 0.401 e. The third kappa shape index (κ3) is 5.09. The molecule has 2 unspecified atom stereocenters. The van der Waals surface area contributed by atoms with Crippen LogP contribution in [0.5, 0.6) is 0 Å². The van der Waals surface area contributed by atoms with Crippen LogP contribution in [0, 0.1) is 0 Å². The number of alkyl halides is 3. The Hall–Kier alpha value is -1.80. The van der Waals surface area contributed by atoms with Gasteiger partial charge in [-0.2, -0.15) is 13.2 Å². The molecule has 1 saturated heterocycles. The van der Waals surface area contributed by atoms with E-state index in [1.807, 2.05) is 0 Å². The van der Waals surface area contributed by atoms with E-state index in [1.165, 1.54) is 18.9 Å². The molecule has 25 heavy (non-hydrogen) atoms. The van der Waals surface area contributed by atoms with Crippen molar-refractivity contribution in [2.45, 2.75) is 31.6 Å². The summed E-state index contributed by atoms with van der Waals surface area (Å²) in [7, 11) is 1.22. The van der Waals surface area contributed by atoms with Gasteiger partial charge in [-0.05, 0) is 44.7 Å². The first-order valence-electron chi connectivity index (χ1n) is 7.73. The summed E-state index contributed by atoms with van der Waals surface area (Å²) in [5.41, 5.74) is 0.661. The summed E-state index contributed by atoms with van der Waals surface area (Å²) in [5.74, 6) is -0.899. The van der Waals surface area contributed by atoms with Gasteiger partial charge in [0.1, 0.15) is 6.04 Å². The van der Waals surface area contributed by atoms with Crippen molar-refractivity contribution in [3.8, 4) is 0 Å². The molecule has 1 aliphatic rings. The smallest absolute Gasteiger partial charge is 0.343 e. The van der Waals surface area contributed by atoms with Crippen molar-refractivity contribution in [3.63, 3.8) is 0 Å². The second-order valence-corrected chi connectivity index (χ2v) is 6.46. The number of halogens is 4. The standard InChI is InChI=1S/C16H19ClF3N3O2/c1-10(22(2)9-16(18,19)20)14(24)21-13-7-8-23(15(13)25)12-5-3-11(17)4-6-12/h3-6,10,13H,7-9H2,1-2H3,(H,21,24). The van der Waals surface area contributed by atoms with Crippen LogP contribution in [0.4, 0.5) is 18.9 Å². The Labute approximate surface area is 148 Å². The first-order valence-corrected chi connectivity index (χ1v) is 8.10. The van der Waals surface area contributed by atoms with Crippen LogP contribution in [0.25, 0.3) is 0 Å². The number of rotatable bonds is 5. The lowest BCUT2D eigenvalue weighted by Gasteiger charge is -2.26. The number of benzene rings is 1. The zero-order chi connectivity index (χ0) is 18.8.